The summed E-state index contributed by atoms with van der Waals surface area (Å²) in [5.41, 5.74) is 1.05. The number of hydrogen-bond donors (Lipinski definition) is 2. The van der Waals surface area contributed by atoms with Gasteiger partial charge < -0.3 is 15.3 Å². The van der Waals surface area contributed by atoms with Crippen molar-refractivity contribution in [3.8, 4) is 12.3 Å². The van der Waals surface area contributed by atoms with Crippen LogP contribution in [0.25, 0.3) is 0 Å². The van der Waals surface area contributed by atoms with Crippen LogP contribution >= 0.6 is 0 Å². The van der Waals surface area contributed by atoms with Gasteiger partial charge in [-0.1, -0.05) is 5.92 Å². The summed E-state index contributed by atoms with van der Waals surface area (Å²) >= 11 is 0. The minimum absolute atomic E-state index is 0.0124. The molecule has 0 spiro atoms. The fourth-order valence-electron chi connectivity index (χ4n) is 2.99. The van der Waals surface area contributed by atoms with Gasteiger partial charge in [0.15, 0.2) is 0 Å². The van der Waals surface area contributed by atoms with Crippen molar-refractivity contribution in [2.45, 2.75) is 38.1 Å². The predicted molar refractivity (Wildman–Crippen MR) is 94.9 cm³/mol. The summed E-state index contributed by atoms with van der Waals surface area (Å²) in [4.78, 5) is 41.2. The minimum atomic E-state index is -1.06. The van der Waals surface area contributed by atoms with Gasteiger partial charge in [0.05, 0.1) is 12.3 Å². The Labute approximate surface area is 152 Å². The number of rotatable bonds is 7. The van der Waals surface area contributed by atoms with Crippen LogP contribution in [0.15, 0.2) is 24.5 Å². The molecular formula is C19H23N3O4. The number of likely N-dealkylation sites (tertiary alicyclic amines) is 1. The first-order valence-corrected chi connectivity index (χ1v) is 8.64. The largest absolute Gasteiger partial charge is 0.481 e. The molecule has 0 unspecified atom stereocenters. The number of nitrogens with one attached hydrogen (secondary N) is 1. The number of carboxylic acids is 1. The average molecular weight is 357 g/mol. The lowest BCUT2D eigenvalue weighted by atomic mass is 9.96. The number of carbonyl (C=O) groups is 3. The van der Waals surface area contributed by atoms with Crippen molar-refractivity contribution in [1.82, 2.24) is 15.2 Å². The standard InChI is InChI=1S/C19H23N3O4/c1-2-16(12-18(24)25)21-19(26)15-4-3-11-22(13-15)17(23)6-5-14-7-9-20-10-8-14/h1,7-10,15-16H,3-6,11-13H2,(H,21,26)(H,24,25)/t15-,16-/m1/s1. The van der Waals surface area contributed by atoms with Gasteiger partial charge in [0.25, 0.3) is 0 Å². The molecule has 0 saturated carbocycles. The van der Waals surface area contributed by atoms with Crippen molar-refractivity contribution in [3.63, 3.8) is 0 Å². The predicted octanol–water partition coefficient (Wildman–Crippen LogP) is 0.846. The molecule has 1 fully saturated rings. The van der Waals surface area contributed by atoms with Crippen LogP contribution < -0.4 is 5.32 Å². The normalized spacial score (nSPS) is 17.8. The van der Waals surface area contributed by atoms with Gasteiger partial charge >= 0.3 is 5.97 Å². The van der Waals surface area contributed by atoms with Crippen LogP contribution in [0.3, 0.4) is 0 Å². The maximum atomic E-state index is 12.4. The monoisotopic (exact) mass is 357 g/mol. The van der Waals surface area contributed by atoms with Crippen LogP contribution in [-0.4, -0.2) is 51.9 Å². The number of pyridine rings is 1. The Balaban J connectivity index is 1.85. The highest BCUT2D eigenvalue weighted by molar-refractivity contribution is 5.82. The van der Waals surface area contributed by atoms with Crippen LogP contribution in [0.5, 0.6) is 0 Å². The zero-order valence-electron chi connectivity index (χ0n) is 14.6. The highest BCUT2D eigenvalue weighted by Crippen LogP contribution is 2.18. The number of hydrogen-bond acceptors (Lipinski definition) is 4. The van der Waals surface area contributed by atoms with E-state index in [0.29, 0.717) is 32.4 Å². The van der Waals surface area contributed by atoms with Crippen LogP contribution in [0.2, 0.25) is 0 Å². The van der Waals surface area contributed by atoms with E-state index in [9.17, 15) is 14.4 Å². The third-order valence-electron chi connectivity index (χ3n) is 4.42. The average Bonchev–Trinajstić information content (AvgIpc) is 2.66. The number of aliphatic carboxylic acids is 1. The van der Waals surface area contributed by atoms with E-state index in [1.165, 1.54) is 0 Å². The summed E-state index contributed by atoms with van der Waals surface area (Å²) in [6.07, 6.45) is 10.7. The van der Waals surface area contributed by atoms with Gasteiger partial charge in [-0.25, -0.2) is 0 Å². The number of carbonyl (C=O) groups excluding carboxylic acids is 2. The summed E-state index contributed by atoms with van der Waals surface area (Å²) in [6.45, 7) is 0.970. The van der Waals surface area contributed by atoms with Crippen molar-refractivity contribution in [2.75, 3.05) is 13.1 Å². The molecule has 2 rings (SSSR count). The molecular weight excluding hydrogens is 334 g/mol. The van der Waals surface area contributed by atoms with E-state index in [2.05, 4.69) is 16.2 Å². The van der Waals surface area contributed by atoms with Gasteiger partial charge in [-0.15, -0.1) is 6.42 Å². The number of aryl methyl sites for hydroxylation is 1. The van der Waals surface area contributed by atoms with Gasteiger partial charge in [0.1, 0.15) is 6.04 Å². The highest BCUT2D eigenvalue weighted by atomic mass is 16.4. The molecule has 1 aromatic rings. The first-order chi connectivity index (χ1) is 12.5. The molecule has 0 radical (unpaired) electrons. The number of carboxylic acid groups (broad SMARTS) is 1. The lowest BCUT2D eigenvalue weighted by molar-refractivity contribution is -0.137. The van der Waals surface area contributed by atoms with E-state index in [0.717, 1.165) is 12.0 Å². The van der Waals surface area contributed by atoms with E-state index in [1.54, 1.807) is 17.3 Å². The molecule has 0 aromatic carbocycles. The molecule has 1 aliphatic heterocycles. The molecule has 1 aromatic heterocycles. The third-order valence-corrected chi connectivity index (χ3v) is 4.42. The maximum Gasteiger partial charge on any atom is 0.306 e. The zero-order valence-corrected chi connectivity index (χ0v) is 14.6. The smallest absolute Gasteiger partial charge is 0.306 e. The van der Waals surface area contributed by atoms with Crippen LogP contribution in [0.1, 0.15) is 31.2 Å². The number of amides is 2. The highest BCUT2D eigenvalue weighted by Gasteiger charge is 2.29. The van der Waals surface area contributed by atoms with Crippen molar-refractivity contribution in [1.29, 1.82) is 0 Å². The molecule has 138 valence electrons. The number of piperidine rings is 1. The molecule has 26 heavy (non-hydrogen) atoms. The van der Waals surface area contributed by atoms with Crippen LogP contribution in [0, 0.1) is 18.3 Å². The molecule has 7 nitrogen and oxygen atoms in total. The number of terminal acetylenes is 1. The Morgan fingerprint density at radius 1 is 1.38 bits per heavy atom. The van der Waals surface area contributed by atoms with Crippen molar-refractivity contribution < 1.29 is 19.5 Å². The Morgan fingerprint density at radius 2 is 2.12 bits per heavy atom. The second kappa shape index (κ2) is 9.56. The maximum absolute atomic E-state index is 12.4. The summed E-state index contributed by atoms with van der Waals surface area (Å²) in [7, 11) is 0. The topological polar surface area (TPSA) is 99.6 Å². The molecule has 2 heterocycles. The van der Waals surface area contributed by atoms with E-state index in [-0.39, 0.29) is 24.2 Å². The lowest BCUT2D eigenvalue weighted by Crippen LogP contribution is -2.47. The van der Waals surface area contributed by atoms with Crippen LogP contribution in [0.4, 0.5) is 0 Å². The summed E-state index contributed by atoms with van der Waals surface area (Å²) in [6, 6.07) is 2.92. The van der Waals surface area contributed by atoms with E-state index in [1.807, 2.05) is 12.1 Å². The molecule has 1 saturated heterocycles. The molecule has 2 N–H and O–H groups in total. The fraction of sp³-hybridized carbons (Fsp3) is 0.474. The lowest BCUT2D eigenvalue weighted by Gasteiger charge is -2.32. The molecule has 0 aliphatic carbocycles. The Hall–Kier alpha value is -2.88. The van der Waals surface area contributed by atoms with Gasteiger partial charge in [-0.2, -0.15) is 0 Å². The minimum Gasteiger partial charge on any atom is -0.481 e. The van der Waals surface area contributed by atoms with Gasteiger partial charge in [-0.05, 0) is 37.0 Å². The SMILES string of the molecule is C#C[C@H](CC(=O)O)NC(=O)[C@@H]1CCCN(C(=O)CCc2ccncc2)C1. The zero-order chi connectivity index (χ0) is 18.9. The van der Waals surface area contributed by atoms with Crippen LogP contribution in [-0.2, 0) is 20.8 Å². The molecule has 7 heteroatoms. The van der Waals surface area contributed by atoms with E-state index < -0.39 is 12.0 Å². The Bertz CT molecular complexity index is 684. The second-order valence-corrected chi connectivity index (χ2v) is 6.36. The molecule has 2 amide bonds. The van der Waals surface area contributed by atoms with Crippen molar-refractivity contribution in [2.24, 2.45) is 5.92 Å². The summed E-state index contributed by atoms with van der Waals surface area (Å²) in [5.74, 6) is 0.571. The quantitative estimate of drug-likeness (QED) is 0.705. The summed E-state index contributed by atoms with van der Waals surface area (Å²) in [5, 5.41) is 11.4. The fourth-order valence-corrected chi connectivity index (χ4v) is 2.99. The van der Waals surface area contributed by atoms with Gasteiger partial charge in [-0.3, -0.25) is 19.4 Å². The van der Waals surface area contributed by atoms with Crippen molar-refractivity contribution >= 4 is 17.8 Å². The molecule has 2 atom stereocenters. The summed E-state index contributed by atoms with van der Waals surface area (Å²) < 4.78 is 0. The Morgan fingerprint density at radius 3 is 2.77 bits per heavy atom. The molecule has 0 bridgehead atoms. The van der Waals surface area contributed by atoms with E-state index >= 15 is 0 Å². The number of nitrogens with zero attached hydrogens (tertiary/aromatic N) is 2. The molecule has 1 aliphatic rings. The Kier molecular flexibility index (Phi) is 7.15. The van der Waals surface area contributed by atoms with Crippen molar-refractivity contribution in [3.05, 3.63) is 30.1 Å². The van der Waals surface area contributed by atoms with Gasteiger partial charge in [0, 0.05) is 31.9 Å². The third kappa shape index (κ3) is 5.88. The first kappa shape index (κ1) is 19.4. The van der Waals surface area contributed by atoms with Gasteiger partial charge in [0.2, 0.25) is 11.8 Å². The second-order valence-electron chi connectivity index (χ2n) is 6.36. The number of aromatic nitrogens is 1. The first-order valence-electron chi connectivity index (χ1n) is 8.64. The van der Waals surface area contributed by atoms with E-state index in [4.69, 9.17) is 11.5 Å².